The molecule has 3 rings (SSSR count). The molecule has 1 aromatic heterocycles. The predicted octanol–water partition coefficient (Wildman–Crippen LogP) is 3.77. The van der Waals surface area contributed by atoms with Gasteiger partial charge in [-0.25, -0.2) is 8.42 Å². The molecule has 2 aromatic carbocycles. The Bertz CT molecular complexity index is 1070. The van der Waals surface area contributed by atoms with Crippen molar-refractivity contribution in [2.75, 3.05) is 10.0 Å². The predicted molar refractivity (Wildman–Crippen MR) is 108 cm³/mol. The summed E-state index contributed by atoms with van der Waals surface area (Å²) >= 11 is 11.4. The zero-order chi connectivity index (χ0) is 20.1. The van der Waals surface area contributed by atoms with E-state index < -0.39 is 10.0 Å². The second-order valence-electron chi connectivity index (χ2n) is 5.72. The first-order valence-corrected chi connectivity index (χ1v) is 10.2. The van der Waals surface area contributed by atoms with Crippen molar-refractivity contribution in [3.05, 3.63) is 76.4 Å². The van der Waals surface area contributed by atoms with E-state index in [9.17, 15) is 13.2 Å². The first-order valence-electron chi connectivity index (χ1n) is 7.98. The standard InChI is InChI=1S/C18H14Cl2N4O3S/c19-13-3-1-12(2-4-13)11-18(25)21-14-5-7-15(8-6-14)28(26,27)24-17-10-9-16(20)22-23-17/h1-10H,11H2,(H,21,25)(H,23,24). The number of amides is 1. The molecule has 144 valence electrons. The summed E-state index contributed by atoms with van der Waals surface area (Å²) in [6.45, 7) is 0. The molecule has 1 heterocycles. The third kappa shape index (κ3) is 5.41. The minimum absolute atomic E-state index is 0.0138. The van der Waals surface area contributed by atoms with Gasteiger partial charge in [0.1, 0.15) is 0 Å². The van der Waals surface area contributed by atoms with Crippen LogP contribution in [0.15, 0.2) is 65.6 Å². The van der Waals surface area contributed by atoms with Crippen LogP contribution in [0.5, 0.6) is 0 Å². The maximum absolute atomic E-state index is 12.4. The van der Waals surface area contributed by atoms with Gasteiger partial charge in [-0.2, -0.15) is 0 Å². The number of nitrogens with zero attached hydrogens (tertiary/aromatic N) is 2. The van der Waals surface area contributed by atoms with Crippen LogP contribution in [0.1, 0.15) is 5.56 Å². The Balaban J connectivity index is 1.64. The largest absolute Gasteiger partial charge is 0.326 e. The number of rotatable bonds is 6. The molecule has 10 heteroatoms. The Labute approximate surface area is 171 Å². The normalized spacial score (nSPS) is 11.1. The van der Waals surface area contributed by atoms with E-state index in [1.807, 2.05) is 0 Å². The molecule has 0 radical (unpaired) electrons. The molecule has 0 aliphatic heterocycles. The van der Waals surface area contributed by atoms with Crippen molar-refractivity contribution < 1.29 is 13.2 Å². The van der Waals surface area contributed by atoms with Gasteiger partial charge < -0.3 is 5.32 Å². The molecule has 0 bridgehead atoms. The molecule has 2 N–H and O–H groups in total. The van der Waals surface area contributed by atoms with Gasteiger partial charge in [-0.1, -0.05) is 35.3 Å². The SMILES string of the molecule is O=C(Cc1ccc(Cl)cc1)Nc1ccc(S(=O)(=O)Nc2ccc(Cl)nn2)cc1. The smallest absolute Gasteiger partial charge is 0.263 e. The third-order valence-corrected chi connectivity index (χ3v) is 5.42. The Morgan fingerprint density at radius 3 is 2.18 bits per heavy atom. The molecule has 0 fully saturated rings. The summed E-state index contributed by atoms with van der Waals surface area (Å²) in [7, 11) is -3.84. The van der Waals surface area contributed by atoms with Crippen LogP contribution in [0, 0.1) is 0 Å². The topological polar surface area (TPSA) is 101 Å². The van der Waals surface area contributed by atoms with Crippen LogP contribution < -0.4 is 10.0 Å². The fraction of sp³-hybridized carbons (Fsp3) is 0.0556. The van der Waals surface area contributed by atoms with Crippen molar-refractivity contribution in [1.29, 1.82) is 0 Å². The Kier molecular flexibility index (Phi) is 6.13. The quantitative estimate of drug-likeness (QED) is 0.612. The number of nitrogens with one attached hydrogen (secondary N) is 2. The summed E-state index contributed by atoms with van der Waals surface area (Å²) in [4.78, 5) is 12.1. The van der Waals surface area contributed by atoms with Crippen LogP contribution in [0.3, 0.4) is 0 Å². The number of halogens is 2. The Morgan fingerprint density at radius 2 is 1.57 bits per heavy atom. The molecule has 0 aliphatic carbocycles. The Morgan fingerprint density at radius 1 is 0.893 bits per heavy atom. The number of aromatic nitrogens is 2. The van der Waals surface area contributed by atoms with Gasteiger partial charge in [-0.3, -0.25) is 9.52 Å². The lowest BCUT2D eigenvalue weighted by atomic mass is 10.1. The molecule has 0 saturated heterocycles. The first-order chi connectivity index (χ1) is 13.3. The van der Waals surface area contributed by atoms with Gasteiger partial charge in [0.05, 0.1) is 11.3 Å². The van der Waals surface area contributed by atoms with E-state index in [1.54, 1.807) is 24.3 Å². The van der Waals surface area contributed by atoms with Crippen molar-refractivity contribution in [2.45, 2.75) is 11.3 Å². The molecule has 0 atom stereocenters. The van der Waals surface area contributed by atoms with E-state index in [2.05, 4.69) is 20.2 Å². The maximum Gasteiger partial charge on any atom is 0.263 e. The van der Waals surface area contributed by atoms with Gasteiger partial charge in [0.15, 0.2) is 11.0 Å². The lowest BCUT2D eigenvalue weighted by Crippen LogP contribution is -2.16. The maximum atomic E-state index is 12.4. The van der Waals surface area contributed by atoms with Crippen LogP contribution >= 0.6 is 23.2 Å². The van der Waals surface area contributed by atoms with E-state index in [1.165, 1.54) is 36.4 Å². The van der Waals surface area contributed by atoms with Crippen LogP contribution in [-0.4, -0.2) is 24.5 Å². The van der Waals surface area contributed by atoms with Crippen molar-refractivity contribution in [2.24, 2.45) is 0 Å². The minimum atomic E-state index is -3.84. The molecular weight excluding hydrogens is 423 g/mol. The summed E-state index contributed by atoms with van der Waals surface area (Å²) in [5.74, 6) is -0.183. The number of benzene rings is 2. The minimum Gasteiger partial charge on any atom is -0.326 e. The third-order valence-electron chi connectivity index (χ3n) is 3.60. The van der Waals surface area contributed by atoms with Gasteiger partial charge in [-0.15, -0.1) is 10.2 Å². The molecule has 0 aliphatic rings. The second-order valence-corrected chi connectivity index (χ2v) is 8.23. The molecule has 0 spiro atoms. The van der Waals surface area contributed by atoms with E-state index in [0.29, 0.717) is 10.7 Å². The lowest BCUT2D eigenvalue weighted by Gasteiger charge is -2.09. The summed E-state index contributed by atoms with van der Waals surface area (Å²) in [6, 6.07) is 15.5. The highest BCUT2D eigenvalue weighted by Gasteiger charge is 2.15. The molecular formula is C18H14Cl2N4O3S. The van der Waals surface area contributed by atoms with Crippen molar-refractivity contribution in [3.63, 3.8) is 0 Å². The molecule has 1 amide bonds. The fourth-order valence-corrected chi connectivity index (χ4v) is 3.50. The first kappa shape index (κ1) is 20.1. The number of carbonyl (C=O) groups excluding carboxylic acids is 1. The summed E-state index contributed by atoms with van der Waals surface area (Å²) < 4.78 is 27.1. The van der Waals surface area contributed by atoms with Gasteiger partial charge in [-0.05, 0) is 54.1 Å². The van der Waals surface area contributed by atoms with E-state index in [4.69, 9.17) is 23.2 Å². The number of anilines is 2. The average molecular weight is 437 g/mol. The highest BCUT2D eigenvalue weighted by molar-refractivity contribution is 7.92. The lowest BCUT2D eigenvalue weighted by molar-refractivity contribution is -0.115. The second kappa shape index (κ2) is 8.55. The van der Waals surface area contributed by atoms with Crippen LogP contribution in [-0.2, 0) is 21.2 Å². The monoisotopic (exact) mass is 436 g/mol. The number of hydrogen-bond acceptors (Lipinski definition) is 5. The van der Waals surface area contributed by atoms with Gasteiger partial charge in [0, 0.05) is 10.7 Å². The number of hydrogen-bond donors (Lipinski definition) is 2. The summed E-state index contributed by atoms with van der Waals surface area (Å²) in [5, 5.41) is 10.7. The highest BCUT2D eigenvalue weighted by Crippen LogP contribution is 2.18. The van der Waals surface area contributed by atoms with Crippen LogP contribution in [0.25, 0.3) is 0 Å². The Hall–Kier alpha value is -2.68. The molecule has 0 saturated carbocycles. The fourth-order valence-electron chi connectivity index (χ4n) is 2.28. The van der Waals surface area contributed by atoms with Gasteiger partial charge in [0.25, 0.3) is 10.0 Å². The molecule has 28 heavy (non-hydrogen) atoms. The zero-order valence-corrected chi connectivity index (χ0v) is 16.6. The molecule has 7 nitrogen and oxygen atoms in total. The van der Waals surface area contributed by atoms with E-state index >= 15 is 0 Å². The van der Waals surface area contributed by atoms with Crippen molar-refractivity contribution in [1.82, 2.24) is 10.2 Å². The van der Waals surface area contributed by atoms with Gasteiger partial charge in [0.2, 0.25) is 5.91 Å². The zero-order valence-electron chi connectivity index (χ0n) is 14.3. The van der Waals surface area contributed by atoms with Crippen LogP contribution in [0.4, 0.5) is 11.5 Å². The average Bonchev–Trinajstić information content (AvgIpc) is 2.66. The summed E-state index contributed by atoms with van der Waals surface area (Å²) in [6.07, 6.45) is 0.175. The van der Waals surface area contributed by atoms with E-state index in [0.717, 1.165) is 5.56 Å². The number of sulfonamides is 1. The van der Waals surface area contributed by atoms with Crippen LogP contribution in [0.2, 0.25) is 10.2 Å². The van der Waals surface area contributed by atoms with Crippen molar-refractivity contribution >= 4 is 50.6 Å². The van der Waals surface area contributed by atoms with Crippen molar-refractivity contribution in [3.8, 4) is 0 Å². The molecule has 0 unspecified atom stereocenters. The number of carbonyl (C=O) groups is 1. The summed E-state index contributed by atoms with van der Waals surface area (Å²) in [5.41, 5.74) is 1.29. The van der Waals surface area contributed by atoms with Gasteiger partial charge >= 0.3 is 0 Å². The van der Waals surface area contributed by atoms with E-state index in [-0.39, 0.29) is 28.2 Å². The highest BCUT2D eigenvalue weighted by atomic mass is 35.5. The molecule has 3 aromatic rings.